The number of hydrogen-bond acceptors (Lipinski definition) is 4. The second-order valence-electron chi connectivity index (χ2n) is 5.22. The van der Waals surface area contributed by atoms with Crippen LogP contribution in [0.5, 0.6) is 0 Å². The zero-order valence-electron chi connectivity index (χ0n) is 11.4. The van der Waals surface area contributed by atoms with E-state index in [1.54, 1.807) is 13.1 Å². The van der Waals surface area contributed by atoms with Crippen molar-refractivity contribution in [1.29, 1.82) is 0 Å². The van der Waals surface area contributed by atoms with Gasteiger partial charge in [-0.15, -0.1) is 0 Å². The molecule has 1 aromatic rings. The molecule has 0 bridgehead atoms. The summed E-state index contributed by atoms with van der Waals surface area (Å²) in [6, 6.07) is 0. The van der Waals surface area contributed by atoms with Crippen LogP contribution in [0.1, 0.15) is 38.4 Å². The van der Waals surface area contributed by atoms with E-state index in [2.05, 4.69) is 9.71 Å². The van der Waals surface area contributed by atoms with E-state index in [0.29, 0.717) is 18.7 Å². The highest BCUT2D eigenvalue weighted by molar-refractivity contribution is 7.89. The second-order valence-corrected chi connectivity index (χ2v) is 6.85. The molecule has 7 heteroatoms. The molecule has 19 heavy (non-hydrogen) atoms. The fourth-order valence-corrected chi connectivity index (χ4v) is 3.77. The lowest BCUT2D eigenvalue weighted by Gasteiger charge is -2.40. The number of hydrogen-bond donors (Lipinski definition) is 2. The average molecular weight is 287 g/mol. The maximum Gasteiger partial charge on any atom is 0.260 e. The zero-order chi connectivity index (χ0) is 14.1. The Hall–Kier alpha value is -0.920. The summed E-state index contributed by atoms with van der Waals surface area (Å²) in [5.74, 6) is 0.689. The molecule has 0 radical (unpaired) electrons. The molecular formula is C12H21N3O3S. The first-order chi connectivity index (χ1) is 8.92. The van der Waals surface area contributed by atoms with E-state index in [9.17, 15) is 13.5 Å². The van der Waals surface area contributed by atoms with Crippen LogP contribution in [0.25, 0.3) is 0 Å². The first-order valence-corrected chi connectivity index (χ1v) is 8.09. The third-order valence-corrected chi connectivity index (χ3v) is 5.11. The van der Waals surface area contributed by atoms with Crippen LogP contribution < -0.4 is 4.72 Å². The molecule has 0 spiro atoms. The SMILES string of the molecule is CCCn1cc(S(=O)(=O)NC2(CO)CCC2)nc1C. The molecule has 2 rings (SSSR count). The lowest BCUT2D eigenvalue weighted by molar-refractivity contribution is 0.110. The van der Waals surface area contributed by atoms with Crippen LogP contribution in [-0.2, 0) is 16.6 Å². The predicted octanol–water partition coefficient (Wildman–Crippen LogP) is 0.795. The van der Waals surface area contributed by atoms with E-state index >= 15 is 0 Å². The Bertz CT molecular complexity index is 541. The van der Waals surface area contributed by atoms with Crippen molar-refractivity contribution in [2.75, 3.05) is 6.61 Å². The highest BCUT2D eigenvalue weighted by Crippen LogP contribution is 2.32. The van der Waals surface area contributed by atoms with E-state index in [1.807, 2.05) is 11.5 Å². The van der Waals surface area contributed by atoms with Crippen molar-refractivity contribution in [2.45, 2.75) is 56.6 Å². The first-order valence-electron chi connectivity index (χ1n) is 6.61. The van der Waals surface area contributed by atoms with Crippen molar-refractivity contribution in [3.63, 3.8) is 0 Å². The van der Waals surface area contributed by atoms with Crippen LogP contribution in [0.2, 0.25) is 0 Å². The normalized spacial score (nSPS) is 18.3. The number of sulfonamides is 1. The van der Waals surface area contributed by atoms with Gasteiger partial charge in [-0.25, -0.2) is 18.1 Å². The van der Waals surface area contributed by atoms with E-state index in [1.165, 1.54) is 0 Å². The van der Waals surface area contributed by atoms with E-state index in [4.69, 9.17) is 0 Å². The molecule has 1 heterocycles. The number of nitrogens with zero attached hydrogens (tertiary/aromatic N) is 2. The Morgan fingerprint density at radius 2 is 2.21 bits per heavy atom. The summed E-state index contributed by atoms with van der Waals surface area (Å²) in [7, 11) is -3.65. The summed E-state index contributed by atoms with van der Waals surface area (Å²) in [6.45, 7) is 4.40. The Labute approximate surface area is 113 Å². The highest BCUT2D eigenvalue weighted by Gasteiger charge is 2.40. The van der Waals surface area contributed by atoms with Crippen LogP contribution in [-0.4, -0.2) is 35.2 Å². The molecule has 2 N–H and O–H groups in total. The van der Waals surface area contributed by atoms with E-state index in [-0.39, 0.29) is 11.6 Å². The Kier molecular flexibility index (Phi) is 3.98. The molecule has 0 aromatic carbocycles. The smallest absolute Gasteiger partial charge is 0.260 e. The number of aromatic nitrogens is 2. The average Bonchev–Trinajstić information content (AvgIpc) is 2.67. The summed E-state index contributed by atoms with van der Waals surface area (Å²) in [5, 5.41) is 9.38. The summed E-state index contributed by atoms with van der Waals surface area (Å²) < 4.78 is 29.0. The van der Waals surface area contributed by atoms with Crippen molar-refractivity contribution in [2.24, 2.45) is 0 Å². The Morgan fingerprint density at radius 1 is 1.53 bits per heavy atom. The minimum atomic E-state index is -3.65. The minimum Gasteiger partial charge on any atom is -0.394 e. The molecule has 6 nitrogen and oxygen atoms in total. The molecule has 108 valence electrons. The van der Waals surface area contributed by atoms with Gasteiger partial charge in [-0.1, -0.05) is 6.92 Å². The molecule has 0 aliphatic heterocycles. The largest absolute Gasteiger partial charge is 0.394 e. The molecule has 0 unspecified atom stereocenters. The molecule has 1 aliphatic rings. The lowest BCUT2D eigenvalue weighted by atomic mass is 9.78. The zero-order valence-corrected chi connectivity index (χ0v) is 12.2. The number of imidazole rings is 1. The van der Waals surface area contributed by atoms with Gasteiger partial charge in [0.25, 0.3) is 10.0 Å². The molecule has 0 amide bonds. The van der Waals surface area contributed by atoms with Gasteiger partial charge in [0.15, 0.2) is 5.03 Å². The van der Waals surface area contributed by atoms with Crippen LogP contribution in [0.4, 0.5) is 0 Å². The third-order valence-electron chi connectivity index (χ3n) is 3.66. The van der Waals surface area contributed by atoms with Gasteiger partial charge in [0.1, 0.15) is 5.82 Å². The van der Waals surface area contributed by atoms with Crippen molar-refractivity contribution >= 4 is 10.0 Å². The van der Waals surface area contributed by atoms with Gasteiger partial charge in [-0.3, -0.25) is 0 Å². The predicted molar refractivity (Wildman–Crippen MR) is 71.2 cm³/mol. The van der Waals surface area contributed by atoms with Gasteiger partial charge >= 0.3 is 0 Å². The highest BCUT2D eigenvalue weighted by atomic mass is 32.2. The van der Waals surface area contributed by atoms with Crippen LogP contribution in [0.3, 0.4) is 0 Å². The molecular weight excluding hydrogens is 266 g/mol. The number of aliphatic hydroxyl groups is 1. The van der Waals surface area contributed by atoms with Crippen LogP contribution >= 0.6 is 0 Å². The third kappa shape index (κ3) is 2.82. The molecule has 0 atom stereocenters. The van der Waals surface area contributed by atoms with Gasteiger partial charge in [0.2, 0.25) is 0 Å². The van der Waals surface area contributed by atoms with Crippen molar-refractivity contribution in [3.8, 4) is 0 Å². The second kappa shape index (κ2) is 5.22. The van der Waals surface area contributed by atoms with E-state index < -0.39 is 15.6 Å². The van der Waals surface area contributed by atoms with Crippen molar-refractivity contribution in [3.05, 3.63) is 12.0 Å². The topological polar surface area (TPSA) is 84.2 Å². The summed E-state index contributed by atoms with van der Waals surface area (Å²) >= 11 is 0. The minimum absolute atomic E-state index is 0.0400. The fraction of sp³-hybridized carbons (Fsp3) is 0.750. The number of nitrogens with one attached hydrogen (secondary N) is 1. The number of aryl methyl sites for hydroxylation is 2. The molecule has 0 saturated heterocycles. The Balaban J connectivity index is 2.22. The van der Waals surface area contributed by atoms with Gasteiger partial charge in [-0.05, 0) is 32.6 Å². The van der Waals surface area contributed by atoms with Crippen molar-refractivity contribution in [1.82, 2.24) is 14.3 Å². The summed E-state index contributed by atoms with van der Waals surface area (Å²) in [4.78, 5) is 4.11. The van der Waals surface area contributed by atoms with Crippen LogP contribution in [0, 0.1) is 6.92 Å². The fourth-order valence-electron chi connectivity index (χ4n) is 2.31. The standard InChI is InChI=1S/C12H21N3O3S/c1-3-7-15-8-11(13-10(15)2)19(17,18)14-12(9-16)5-4-6-12/h8,14,16H,3-7,9H2,1-2H3. The Morgan fingerprint density at radius 3 is 2.68 bits per heavy atom. The molecule has 1 aliphatic carbocycles. The maximum atomic E-state index is 12.3. The van der Waals surface area contributed by atoms with Crippen LogP contribution in [0.15, 0.2) is 11.2 Å². The van der Waals surface area contributed by atoms with Gasteiger partial charge in [-0.2, -0.15) is 0 Å². The van der Waals surface area contributed by atoms with Gasteiger partial charge < -0.3 is 9.67 Å². The van der Waals surface area contributed by atoms with Gasteiger partial charge in [0, 0.05) is 12.7 Å². The summed E-state index contributed by atoms with van der Waals surface area (Å²) in [6.07, 6.45) is 4.77. The molecule has 1 saturated carbocycles. The van der Waals surface area contributed by atoms with E-state index in [0.717, 1.165) is 19.4 Å². The maximum absolute atomic E-state index is 12.3. The summed E-state index contributed by atoms with van der Waals surface area (Å²) in [5.41, 5.74) is -0.679. The number of aliphatic hydroxyl groups excluding tert-OH is 1. The molecule has 1 aromatic heterocycles. The first kappa shape index (κ1) is 14.5. The number of rotatable bonds is 6. The van der Waals surface area contributed by atoms with Gasteiger partial charge in [0.05, 0.1) is 12.1 Å². The lowest BCUT2D eigenvalue weighted by Crippen LogP contribution is -2.56. The quantitative estimate of drug-likeness (QED) is 0.810. The monoisotopic (exact) mass is 287 g/mol. The molecule has 1 fully saturated rings. The van der Waals surface area contributed by atoms with Crippen molar-refractivity contribution < 1.29 is 13.5 Å².